The molecule has 0 radical (unpaired) electrons. The van der Waals surface area contributed by atoms with Gasteiger partial charge in [-0.25, -0.2) is 0 Å². The number of carbonyl (C=O) groups excluding carboxylic acids is 3. The first-order valence-corrected chi connectivity index (χ1v) is 7.05. The van der Waals surface area contributed by atoms with E-state index in [0.29, 0.717) is 19.4 Å². The Balaban J connectivity index is 1.88. The van der Waals surface area contributed by atoms with E-state index in [1.54, 1.807) is 6.92 Å². The minimum absolute atomic E-state index is 0.110. The normalized spacial score (nSPS) is 24.9. The lowest BCUT2D eigenvalue weighted by Crippen LogP contribution is -2.50. The molecule has 2 heterocycles. The molecule has 0 aliphatic carbocycles. The van der Waals surface area contributed by atoms with Crippen LogP contribution in [0.5, 0.6) is 0 Å². The zero-order valence-electron chi connectivity index (χ0n) is 11.8. The van der Waals surface area contributed by atoms with Crippen LogP contribution in [-0.4, -0.2) is 34.7 Å². The zero-order chi connectivity index (χ0) is 15.0. The molecule has 2 N–H and O–H groups in total. The molecule has 1 saturated heterocycles. The Morgan fingerprint density at radius 1 is 1.29 bits per heavy atom. The Labute approximate surface area is 122 Å². The largest absolute Gasteiger partial charge is 0.344 e. The third-order valence-corrected chi connectivity index (χ3v) is 4.04. The molecule has 2 atom stereocenters. The maximum Gasteiger partial charge on any atom is 0.246 e. The van der Waals surface area contributed by atoms with Crippen LogP contribution in [0.3, 0.4) is 0 Å². The maximum absolute atomic E-state index is 12.6. The fraction of sp³-hybridized carbons (Fsp3) is 0.400. The Morgan fingerprint density at radius 3 is 2.76 bits per heavy atom. The second-order valence-electron chi connectivity index (χ2n) is 5.45. The second kappa shape index (κ2) is 5.20. The first kappa shape index (κ1) is 13.6. The van der Waals surface area contributed by atoms with Gasteiger partial charge in [0, 0.05) is 18.7 Å². The van der Waals surface area contributed by atoms with Crippen LogP contribution < -0.4 is 10.6 Å². The summed E-state index contributed by atoms with van der Waals surface area (Å²) in [6, 6.07) is 6.35. The van der Waals surface area contributed by atoms with Gasteiger partial charge in [-0.15, -0.1) is 0 Å². The van der Waals surface area contributed by atoms with Crippen LogP contribution in [0.4, 0.5) is 5.69 Å². The van der Waals surface area contributed by atoms with E-state index in [-0.39, 0.29) is 17.7 Å². The predicted molar refractivity (Wildman–Crippen MR) is 76.2 cm³/mol. The highest BCUT2D eigenvalue weighted by Gasteiger charge is 2.36. The van der Waals surface area contributed by atoms with E-state index >= 15 is 0 Å². The number of hydrogen-bond donors (Lipinski definition) is 2. The van der Waals surface area contributed by atoms with Gasteiger partial charge in [-0.3, -0.25) is 14.4 Å². The summed E-state index contributed by atoms with van der Waals surface area (Å²) < 4.78 is 0. The van der Waals surface area contributed by atoms with E-state index in [1.807, 2.05) is 24.3 Å². The van der Waals surface area contributed by atoms with E-state index in [0.717, 1.165) is 11.3 Å². The summed E-state index contributed by atoms with van der Waals surface area (Å²) in [6.45, 7) is 2.07. The third kappa shape index (κ3) is 2.49. The molecule has 0 saturated carbocycles. The molecule has 2 aliphatic heterocycles. The number of benzene rings is 1. The van der Waals surface area contributed by atoms with Gasteiger partial charge in [-0.1, -0.05) is 18.2 Å². The van der Waals surface area contributed by atoms with Gasteiger partial charge in [-0.2, -0.15) is 0 Å². The fourth-order valence-corrected chi connectivity index (χ4v) is 2.75. The van der Waals surface area contributed by atoms with E-state index in [2.05, 4.69) is 10.6 Å². The number of hydrogen-bond acceptors (Lipinski definition) is 3. The number of amides is 3. The summed E-state index contributed by atoms with van der Waals surface area (Å²) in [5.74, 6) is -0.515. The number of rotatable bonds is 1. The molecule has 6 nitrogen and oxygen atoms in total. The van der Waals surface area contributed by atoms with Gasteiger partial charge in [0.05, 0.1) is 0 Å². The molecule has 6 heteroatoms. The van der Waals surface area contributed by atoms with Crippen molar-refractivity contribution < 1.29 is 14.4 Å². The van der Waals surface area contributed by atoms with Crippen LogP contribution in [0.1, 0.15) is 25.3 Å². The standard InChI is InChI=1S/C15H17N3O3/c1-9-14(20)17-11-5-3-2-4-10(11)8-18(9)15(21)12-6-7-13(19)16-12/h2-5,9,12H,6-8H2,1H3,(H,16,19)(H,17,20)/t9?,12-/m1/s1. The molecule has 1 aromatic carbocycles. The van der Waals surface area contributed by atoms with Crippen LogP contribution in [0.25, 0.3) is 0 Å². The zero-order valence-corrected chi connectivity index (χ0v) is 11.8. The molecule has 21 heavy (non-hydrogen) atoms. The number of fused-ring (bicyclic) bond motifs is 1. The smallest absolute Gasteiger partial charge is 0.246 e. The summed E-state index contributed by atoms with van der Waals surface area (Å²) in [5.41, 5.74) is 1.63. The van der Waals surface area contributed by atoms with E-state index < -0.39 is 12.1 Å². The van der Waals surface area contributed by atoms with Crippen molar-refractivity contribution in [1.29, 1.82) is 0 Å². The molecule has 0 bridgehead atoms. The molecular weight excluding hydrogens is 270 g/mol. The van der Waals surface area contributed by atoms with Gasteiger partial charge < -0.3 is 15.5 Å². The van der Waals surface area contributed by atoms with Gasteiger partial charge in [-0.05, 0) is 25.0 Å². The first-order valence-electron chi connectivity index (χ1n) is 7.05. The SMILES string of the molecule is CC1C(=O)Nc2ccccc2CN1C(=O)[C@H]1CCC(=O)N1. The highest BCUT2D eigenvalue weighted by Crippen LogP contribution is 2.24. The van der Waals surface area contributed by atoms with E-state index in [4.69, 9.17) is 0 Å². The van der Waals surface area contributed by atoms with Crippen molar-refractivity contribution in [2.45, 2.75) is 38.4 Å². The Morgan fingerprint density at radius 2 is 2.05 bits per heavy atom. The predicted octanol–water partition coefficient (Wildman–Crippen LogP) is 0.634. The van der Waals surface area contributed by atoms with Crippen LogP contribution in [0, 0.1) is 0 Å². The van der Waals surface area contributed by atoms with Crippen molar-refractivity contribution in [3.05, 3.63) is 29.8 Å². The maximum atomic E-state index is 12.6. The molecule has 0 spiro atoms. The van der Waals surface area contributed by atoms with Crippen molar-refractivity contribution in [2.75, 3.05) is 5.32 Å². The van der Waals surface area contributed by atoms with Crippen molar-refractivity contribution in [3.63, 3.8) is 0 Å². The lowest BCUT2D eigenvalue weighted by atomic mass is 10.1. The highest BCUT2D eigenvalue weighted by atomic mass is 16.2. The molecule has 1 fully saturated rings. The van der Waals surface area contributed by atoms with Gasteiger partial charge in [0.15, 0.2) is 0 Å². The summed E-state index contributed by atoms with van der Waals surface area (Å²) >= 11 is 0. The summed E-state index contributed by atoms with van der Waals surface area (Å²) in [7, 11) is 0. The summed E-state index contributed by atoms with van der Waals surface area (Å²) in [5, 5.41) is 5.51. The van der Waals surface area contributed by atoms with Gasteiger partial charge >= 0.3 is 0 Å². The minimum Gasteiger partial charge on any atom is -0.344 e. The topological polar surface area (TPSA) is 78.5 Å². The molecular formula is C15H17N3O3. The van der Waals surface area contributed by atoms with Crippen molar-refractivity contribution in [1.82, 2.24) is 10.2 Å². The average Bonchev–Trinajstić information content (AvgIpc) is 2.86. The second-order valence-corrected chi connectivity index (χ2v) is 5.45. The number of anilines is 1. The number of carbonyl (C=O) groups is 3. The molecule has 3 amide bonds. The number of para-hydroxylation sites is 1. The lowest BCUT2D eigenvalue weighted by Gasteiger charge is -2.28. The molecule has 1 aromatic rings. The van der Waals surface area contributed by atoms with Crippen molar-refractivity contribution >= 4 is 23.4 Å². The fourth-order valence-electron chi connectivity index (χ4n) is 2.75. The minimum atomic E-state index is -0.567. The Hall–Kier alpha value is -2.37. The van der Waals surface area contributed by atoms with Crippen LogP contribution >= 0.6 is 0 Å². The summed E-state index contributed by atoms with van der Waals surface area (Å²) in [6.07, 6.45) is 0.853. The van der Waals surface area contributed by atoms with Crippen LogP contribution in [-0.2, 0) is 20.9 Å². The van der Waals surface area contributed by atoms with Crippen molar-refractivity contribution in [2.24, 2.45) is 0 Å². The van der Waals surface area contributed by atoms with Crippen molar-refractivity contribution in [3.8, 4) is 0 Å². The van der Waals surface area contributed by atoms with Gasteiger partial charge in [0.2, 0.25) is 17.7 Å². The van der Waals surface area contributed by atoms with E-state index in [1.165, 1.54) is 4.90 Å². The Kier molecular flexibility index (Phi) is 3.37. The van der Waals surface area contributed by atoms with Gasteiger partial charge in [0.1, 0.15) is 12.1 Å². The highest BCUT2D eigenvalue weighted by molar-refractivity contribution is 6.00. The quantitative estimate of drug-likeness (QED) is 0.795. The molecule has 2 aliphatic rings. The molecule has 1 unspecified atom stereocenters. The summed E-state index contributed by atoms with van der Waals surface area (Å²) in [4.78, 5) is 37.6. The number of nitrogens with one attached hydrogen (secondary N) is 2. The third-order valence-electron chi connectivity index (χ3n) is 4.04. The lowest BCUT2D eigenvalue weighted by molar-refractivity contribution is -0.140. The van der Waals surface area contributed by atoms with Crippen LogP contribution in [0.15, 0.2) is 24.3 Å². The Bertz CT molecular complexity index is 614. The van der Waals surface area contributed by atoms with Gasteiger partial charge in [0.25, 0.3) is 0 Å². The molecule has 110 valence electrons. The monoisotopic (exact) mass is 287 g/mol. The molecule has 3 rings (SSSR count). The number of nitrogens with zero attached hydrogens (tertiary/aromatic N) is 1. The van der Waals surface area contributed by atoms with Crippen LogP contribution in [0.2, 0.25) is 0 Å². The average molecular weight is 287 g/mol. The first-order chi connectivity index (χ1) is 10.1. The molecule has 0 aromatic heterocycles. The van der Waals surface area contributed by atoms with E-state index in [9.17, 15) is 14.4 Å².